The number of benzene rings is 1. The Morgan fingerprint density at radius 3 is 2.07 bits per heavy atom. The van der Waals surface area contributed by atoms with Gasteiger partial charge in [0, 0.05) is 57.8 Å². The maximum atomic E-state index is 13.0. The van der Waals surface area contributed by atoms with Gasteiger partial charge in [0.15, 0.2) is 0 Å². The van der Waals surface area contributed by atoms with E-state index in [1.807, 2.05) is 32.6 Å². The number of nitrogens with zero attached hydrogens (tertiary/aromatic N) is 4. The highest BCUT2D eigenvalue weighted by atomic mass is 16.6. The topological polar surface area (TPSA) is 87.0 Å². The van der Waals surface area contributed by atoms with E-state index in [9.17, 15) is 19.7 Å². The molecule has 0 aliphatic carbocycles. The van der Waals surface area contributed by atoms with Gasteiger partial charge in [-0.1, -0.05) is 27.7 Å². The van der Waals surface area contributed by atoms with Crippen molar-refractivity contribution in [3.05, 3.63) is 33.9 Å². The Hall–Kier alpha value is -2.64. The van der Waals surface area contributed by atoms with Gasteiger partial charge in [0.05, 0.1) is 4.92 Å². The van der Waals surface area contributed by atoms with E-state index in [1.165, 1.54) is 13.0 Å². The molecule has 29 heavy (non-hydrogen) atoms. The van der Waals surface area contributed by atoms with Gasteiger partial charge in [0.25, 0.3) is 11.6 Å². The highest BCUT2D eigenvalue weighted by molar-refractivity contribution is 5.96. The number of carbonyl (C=O) groups excluding carboxylic acids is 2. The van der Waals surface area contributed by atoms with E-state index in [0.717, 1.165) is 0 Å². The molecule has 1 fully saturated rings. The zero-order valence-electron chi connectivity index (χ0n) is 18.1. The zero-order chi connectivity index (χ0) is 21.7. The van der Waals surface area contributed by atoms with Crippen molar-refractivity contribution in [2.45, 2.75) is 34.6 Å². The van der Waals surface area contributed by atoms with Crippen LogP contribution >= 0.6 is 0 Å². The van der Waals surface area contributed by atoms with Crippen molar-refractivity contribution in [2.75, 3.05) is 44.2 Å². The molecular weight excluding hydrogens is 372 g/mol. The summed E-state index contributed by atoms with van der Waals surface area (Å²) in [6.07, 6.45) is 0. The largest absolute Gasteiger partial charge is 0.362 e. The molecule has 0 saturated carbocycles. The van der Waals surface area contributed by atoms with Crippen LogP contribution in [0.1, 0.15) is 45.0 Å². The molecule has 2 amide bonds. The van der Waals surface area contributed by atoms with Crippen molar-refractivity contribution in [2.24, 2.45) is 11.8 Å². The minimum Gasteiger partial charge on any atom is -0.362 e. The third-order valence-corrected chi connectivity index (χ3v) is 4.94. The fraction of sp³-hybridized carbons (Fsp3) is 0.619. The maximum absolute atomic E-state index is 13.0. The molecule has 0 atom stereocenters. The summed E-state index contributed by atoms with van der Waals surface area (Å²) in [5.74, 6) is 0.452. The Balaban J connectivity index is 2.27. The van der Waals surface area contributed by atoms with Crippen LogP contribution in [0.25, 0.3) is 0 Å². The van der Waals surface area contributed by atoms with Crippen LogP contribution in [0.2, 0.25) is 0 Å². The number of amides is 2. The Labute approximate surface area is 172 Å². The molecule has 1 aromatic carbocycles. The number of piperazine rings is 1. The summed E-state index contributed by atoms with van der Waals surface area (Å²) >= 11 is 0. The van der Waals surface area contributed by atoms with E-state index in [-0.39, 0.29) is 17.5 Å². The first-order valence-corrected chi connectivity index (χ1v) is 10.2. The molecule has 160 valence electrons. The first kappa shape index (κ1) is 22.6. The summed E-state index contributed by atoms with van der Waals surface area (Å²) in [6.45, 7) is 13.1. The second-order valence-electron chi connectivity index (χ2n) is 8.45. The molecule has 0 N–H and O–H groups in total. The molecule has 1 heterocycles. The molecule has 0 unspecified atom stereocenters. The second kappa shape index (κ2) is 9.71. The van der Waals surface area contributed by atoms with E-state index in [4.69, 9.17) is 0 Å². The summed E-state index contributed by atoms with van der Waals surface area (Å²) in [5.41, 5.74) is 0.763. The standard InChI is InChI=1S/C21H32N4O4/c1-15(2)13-24(14-16(3)4)21(27)18-6-7-19(20(12-18)25(28)29)23-10-8-22(9-11-23)17(5)26/h6-7,12,15-16H,8-11,13-14H2,1-5H3. The number of nitro groups is 1. The lowest BCUT2D eigenvalue weighted by molar-refractivity contribution is -0.384. The van der Waals surface area contributed by atoms with Crippen molar-refractivity contribution >= 4 is 23.2 Å². The third kappa shape index (κ3) is 5.92. The van der Waals surface area contributed by atoms with Crippen LogP contribution in [0.4, 0.5) is 11.4 Å². The van der Waals surface area contributed by atoms with Crippen molar-refractivity contribution in [3.63, 3.8) is 0 Å². The number of carbonyl (C=O) groups is 2. The molecule has 0 spiro atoms. The van der Waals surface area contributed by atoms with Gasteiger partial charge in [0.1, 0.15) is 5.69 Å². The van der Waals surface area contributed by atoms with Gasteiger partial charge in [-0.2, -0.15) is 0 Å². The van der Waals surface area contributed by atoms with Crippen molar-refractivity contribution in [1.29, 1.82) is 0 Å². The molecule has 1 aliphatic heterocycles. The summed E-state index contributed by atoms with van der Waals surface area (Å²) in [5, 5.41) is 11.7. The van der Waals surface area contributed by atoms with Gasteiger partial charge in [0.2, 0.25) is 5.91 Å². The zero-order valence-corrected chi connectivity index (χ0v) is 18.1. The van der Waals surface area contributed by atoms with Crippen LogP contribution in [-0.2, 0) is 4.79 Å². The van der Waals surface area contributed by atoms with Crippen LogP contribution in [0.15, 0.2) is 18.2 Å². The molecule has 0 bridgehead atoms. The lowest BCUT2D eigenvalue weighted by atomic mass is 10.1. The van der Waals surface area contributed by atoms with E-state index >= 15 is 0 Å². The van der Waals surface area contributed by atoms with Crippen LogP contribution in [0, 0.1) is 22.0 Å². The average Bonchev–Trinajstić information content (AvgIpc) is 2.65. The Kier molecular flexibility index (Phi) is 7.59. The predicted molar refractivity (Wildman–Crippen MR) is 113 cm³/mol. The summed E-state index contributed by atoms with van der Waals surface area (Å²) < 4.78 is 0. The average molecular weight is 405 g/mol. The molecule has 8 nitrogen and oxygen atoms in total. The second-order valence-corrected chi connectivity index (χ2v) is 8.45. The normalized spacial score (nSPS) is 14.4. The molecule has 0 aromatic heterocycles. The van der Waals surface area contributed by atoms with E-state index in [2.05, 4.69) is 0 Å². The van der Waals surface area contributed by atoms with Gasteiger partial charge >= 0.3 is 0 Å². The quantitative estimate of drug-likeness (QED) is 0.515. The van der Waals surface area contributed by atoms with Gasteiger partial charge in [-0.25, -0.2) is 0 Å². The third-order valence-electron chi connectivity index (χ3n) is 4.94. The number of rotatable bonds is 7. The van der Waals surface area contributed by atoms with Crippen molar-refractivity contribution < 1.29 is 14.5 Å². The minimum absolute atomic E-state index is 0.00971. The number of nitro benzene ring substituents is 1. The number of anilines is 1. The van der Waals surface area contributed by atoms with Crippen LogP contribution in [0.3, 0.4) is 0 Å². The van der Waals surface area contributed by atoms with Crippen LogP contribution in [0.5, 0.6) is 0 Å². The lowest BCUT2D eigenvalue weighted by Crippen LogP contribution is -2.48. The number of hydrogen-bond donors (Lipinski definition) is 0. The SMILES string of the molecule is CC(=O)N1CCN(c2ccc(C(=O)N(CC(C)C)CC(C)C)cc2[N+](=O)[O-])CC1. The first-order chi connectivity index (χ1) is 13.6. The van der Waals surface area contributed by atoms with Gasteiger partial charge in [-0.3, -0.25) is 19.7 Å². The van der Waals surface area contributed by atoms with Crippen LogP contribution < -0.4 is 4.90 Å². The van der Waals surface area contributed by atoms with E-state index < -0.39 is 4.92 Å². The molecule has 2 rings (SSSR count). The minimum atomic E-state index is -0.432. The lowest BCUT2D eigenvalue weighted by Gasteiger charge is -2.35. The van der Waals surface area contributed by atoms with E-state index in [1.54, 1.807) is 21.9 Å². The Bertz CT molecular complexity index is 745. The molecule has 1 saturated heterocycles. The molecule has 1 aromatic rings. The smallest absolute Gasteiger partial charge is 0.293 e. The first-order valence-electron chi connectivity index (χ1n) is 10.2. The molecular formula is C21H32N4O4. The van der Waals surface area contributed by atoms with Crippen molar-refractivity contribution in [1.82, 2.24) is 9.80 Å². The maximum Gasteiger partial charge on any atom is 0.293 e. The van der Waals surface area contributed by atoms with Crippen LogP contribution in [-0.4, -0.2) is 65.8 Å². The predicted octanol–water partition coefficient (Wildman–Crippen LogP) is 3.02. The van der Waals surface area contributed by atoms with Gasteiger partial charge in [-0.15, -0.1) is 0 Å². The van der Waals surface area contributed by atoms with E-state index in [0.29, 0.717) is 62.4 Å². The highest BCUT2D eigenvalue weighted by Gasteiger charge is 2.27. The van der Waals surface area contributed by atoms with Crippen molar-refractivity contribution in [3.8, 4) is 0 Å². The fourth-order valence-corrected chi connectivity index (χ4v) is 3.64. The monoisotopic (exact) mass is 404 g/mol. The highest BCUT2D eigenvalue weighted by Crippen LogP contribution is 2.30. The summed E-state index contributed by atoms with van der Waals surface area (Å²) in [6, 6.07) is 4.73. The molecule has 8 heteroatoms. The number of hydrogen-bond acceptors (Lipinski definition) is 5. The summed E-state index contributed by atoms with van der Waals surface area (Å²) in [4.78, 5) is 41.3. The summed E-state index contributed by atoms with van der Waals surface area (Å²) in [7, 11) is 0. The van der Waals surface area contributed by atoms with Gasteiger partial charge in [-0.05, 0) is 24.0 Å². The molecule has 0 radical (unpaired) electrons. The van der Waals surface area contributed by atoms with Gasteiger partial charge < -0.3 is 14.7 Å². The fourth-order valence-electron chi connectivity index (χ4n) is 3.64. The Morgan fingerprint density at radius 1 is 1.07 bits per heavy atom. The molecule has 1 aliphatic rings. The Morgan fingerprint density at radius 2 is 1.62 bits per heavy atom.